The molecule has 3 heteroatoms. The maximum absolute atomic E-state index is 5.09. The number of fused-ring (bicyclic) bond motifs is 6. The quantitative estimate of drug-likeness (QED) is 0.175. The zero-order chi connectivity index (χ0) is 33.7. The van der Waals surface area contributed by atoms with Crippen molar-refractivity contribution in [3.8, 4) is 16.8 Å². The fourth-order valence-electron chi connectivity index (χ4n) is 7.79. The Morgan fingerprint density at radius 3 is 1.76 bits per heavy atom. The molecule has 10 rings (SSSR count). The second-order valence-corrected chi connectivity index (χ2v) is 13.2. The first kappa shape index (κ1) is 29.2. The van der Waals surface area contributed by atoms with Crippen molar-refractivity contribution in [3.63, 3.8) is 0 Å². The van der Waals surface area contributed by atoms with E-state index < -0.39 is 0 Å². The van der Waals surface area contributed by atoms with Gasteiger partial charge in [0, 0.05) is 39.9 Å². The fraction of sp³-hybridized carbons (Fsp3) is 0.0208. The summed E-state index contributed by atoms with van der Waals surface area (Å²) in [4.78, 5) is 7.44. The summed E-state index contributed by atoms with van der Waals surface area (Å²) in [5, 5.41) is 5.08. The van der Waals surface area contributed by atoms with Crippen LogP contribution in [-0.2, 0) is 6.42 Å². The number of para-hydroxylation sites is 2. The molecule has 0 radical (unpaired) electrons. The van der Waals surface area contributed by atoms with E-state index in [1.807, 2.05) is 0 Å². The highest BCUT2D eigenvalue weighted by molar-refractivity contribution is 6.10. The van der Waals surface area contributed by atoms with Gasteiger partial charge in [0.15, 0.2) is 0 Å². The highest BCUT2D eigenvalue weighted by Crippen LogP contribution is 2.40. The lowest BCUT2D eigenvalue weighted by Crippen LogP contribution is -2.11. The standard InChI is InChI=1S/C48H33N3/c1-2-11-33(12-3-1)36-14-10-15-40(31-36)50(37-24-21-35(22-25-37)46-32-44-41-16-5-4-13-34(41)23-30-45(44)49-46)38-26-28-39(29-27-38)51-47-19-8-6-17-42(47)43-18-7-9-20-48(43)51/h1-31H,32H2. The van der Waals surface area contributed by atoms with E-state index in [9.17, 15) is 0 Å². The smallest absolute Gasteiger partial charge is 0.0675 e. The van der Waals surface area contributed by atoms with Crippen LogP contribution in [-0.4, -0.2) is 10.3 Å². The lowest BCUT2D eigenvalue weighted by Gasteiger charge is -2.26. The first-order chi connectivity index (χ1) is 25.3. The molecule has 2 heterocycles. The number of nitrogens with zero attached hydrogens (tertiary/aromatic N) is 3. The van der Waals surface area contributed by atoms with Gasteiger partial charge in [-0.25, -0.2) is 0 Å². The zero-order valence-electron chi connectivity index (χ0n) is 27.9. The summed E-state index contributed by atoms with van der Waals surface area (Å²) in [6.45, 7) is 0. The third kappa shape index (κ3) is 5.02. The Labute approximate surface area is 297 Å². The van der Waals surface area contributed by atoms with Gasteiger partial charge >= 0.3 is 0 Å². The van der Waals surface area contributed by atoms with Crippen LogP contribution in [0.4, 0.5) is 22.7 Å². The van der Waals surface area contributed by atoms with Crippen molar-refractivity contribution in [1.82, 2.24) is 4.57 Å². The van der Waals surface area contributed by atoms with E-state index in [0.29, 0.717) is 0 Å². The maximum Gasteiger partial charge on any atom is 0.0675 e. The molecule has 0 amide bonds. The molecular formula is C48H33N3. The molecule has 0 saturated carbocycles. The summed E-state index contributed by atoms with van der Waals surface area (Å²) in [5.41, 5.74) is 13.9. The normalized spacial score (nSPS) is 12.4. The van der Waals surface area contributed by atoms with Gasteiger partial charge in [0.25, 0.3) is 0 Å². The Bertz CT molecular complexity index is 2700. The molecule has 0 bridgehead atoms. The second kappa shape index (κ2) is 12.0. The Kier molecular flexibility index (Phi) is 6.88. The molecular weight excluding hydrogens is 619 g/mol. The molecule has 3 nitrogen and oxygen atoms in total. The lowest BCUT2D eigenvalue weighted by atomic mass is 9.98. The van der Waals surface area contributed by atoms with Gasteiger partial charge in [-0.3, -0.25) is 4.99 Å². The number of hydrogen-bond donors (Lipinski definition) is 0. The number of rotatable bonds is 6. The Hall–Kier alpha value is -6.71. The van der Waals surface area contributed by atoms with E-state index in [-0.39, 0.29) is 0 Å². The maximum atomic E-state index is 5.09. The molecule has 0 N–H and O–H groups in total. The van der Waals surface area contributed by atoms with E-state index in [2.05, 4.69) is 198 Å². The highest BCUT2D eigenvalue weighted by atomic mass is 15.1. The number of hydrogen-bond acceptors (Lipinski definition) is 2. The lowest BCUT2D eigenvalue weighted by molar-refractivity contribution is 1.17. The molecule has 240 valence electrons. The molecule has 1 aromatic heterocycles. The van der Waals surface area contributed by atoms with Crippen molar-refractivity contribution < 1.29 is 0 Å². The van der Waals surface area contributed by atoms with Gasteiger partial charge in [-0.2, -0.15) is 0 Å². The molecule has 0 saturated heterocycles. The Morgan fingerprint density at radius 2 is 1.04 bits per heavy atom. The van der Waals surface area contributed by atoms with Crippen LogP contribution in [0.3, 0.4) is 0 Å². The van der Waals surface area contributed by atoms with E-state index in [1.165, 1.54) is 49.3 Å². The third-order valence-corrected chi connectivity index (χ3v) is 10.2. The monoisotopic (exact) mass is 651 g/mol. The van der Waals surface area contributed by atoms with Crippen molar-refractivity contribution >= 4 is 61.0 Å². The summed E-state index contributed by atoms with van der Waals surface area (Å²) in [7, 11) is 0. The summed E-state index contributed by atoms with van der Waals surface area (Å²) in [6.07, 6.45) is 0.836. The van der Waals surface area contributed by atoms with Crippen LogP contribution in [0.15, 0.2) is 193 Å². The summed E-state index contributed by atoms with van der Waals surface area (Å²) >= 11 is 0. The van der Waals surface area contributed by atoms with Crippen LogP contribution in [0, 0.1) is 0 Å². The SMILES string of the molecule is c1ccc(-c2cccc(N(c3ccc(C4=Nc5ccc6ccccc6c5C4)cc3)c3ccc(-n4c5ccccc5c5ccccc54)cc3)c2)cc1. The zero-order valence-corrected chi connectivity index (χ0v) is 27.9. The van der Waals surface area contributed by atoms with Gasteiger partial charge < -0.3 is 9.47 Å². The molecule has 0 atom stereocenters. The van der Waals surface area contributed by atoms with Crippen molar-refractivity contribution in [2.24, 2.45) is 4.99 Å². The number of aromatic nitrogens is 1. The van der Waals surface area contributed by atoms with Crippen LogP contribution < -0.4 is 4.90 Å². The first-order valence-corrected chi connectivity index (χ1v) is 17.5. The number of benzene rings is 8. The van der Waals surface area contributed by atoms with Crippen molar-refractivity contribution in [2.75, 3.05) is 4.90 Å². The molecule has 1 aliphatic heterocycles. The average molecular weight is 652 g/mol. The molecule has 8 aromatic carbocycles. The minimum Gasteiger partial charge on any atom is -0.310 e. The van der Waals surface area contributed by atoms with Gasteiger partial charge in [-0.1, -0.05) is 121 Å². The van der Waals surface area contributed by atoms with Gasteiger partial charge in [-0.15, -0.1) is 0 Å². The molecule has 0 aliphatic carbocycles. The number of aliphatic imine (C=N–C) groups is 1. The molecule has 51 heavy (non-hydrogen) atoms. The molecule has 9 aromatic rings. The van der Waals surface area contributed by atoms with E-state index in [4.69, 9.17) is 4.99 Å². The highest BCUT2D eigenvalue weighted by Gasteiger charge is 2.20. The van der Waals surface area contributed by atoms with Gasteiger partial charge in [-0.05, 0) is 99.8 Å². The van der Waals surface area contributed by atoms with Crippen LogP contribution in [0.2, 0.25) is 0 Å². The van der Waals surface area contributed by atoms with E-state index in [0.717, 1.165) is 46.1 Å². The summed E-state index contributed by atoms with van der Waals surface area (Å²) < 4.78 is 2.37. The van der Waals surface area contributed by atoms with Crippen LogP contribution in [0.25, 0.3) is 49.4 Å². The van der Waals surface area contributed by atoms with Crippen molar-refractivity contribution in [3.05, 3.63) is 199 Å². The van der Waals surface area contributed by atoms with Gasteiger partial charge in [0.05, 0.1) is 22.4 Å². The van der Waals surface area contributed by atoms with Crippen LogP contribution in [0.1, 0.15) is 11.1 Å². The molecule has 0 spiro atoms. The minimum atomic E-state index is 0.836. The van der Waals surface area contributed by atoms with Crippen molar-refractivity contribution in [2.45, 2.75) is 6.42 Å². The Balaban J connectivity index is 1.05. The second-order valence-electron chi connectivity index (χ2n) is 13.2. The first-order valence-electron chi connectivity index (χ1n) is 17.5. The van der Waals surface area contributed by atoms with Crippen LogP contribution in [0.5, 0.6) is 0 Å². The third-order valence-electron chi connectivity index (χ3n) is 10.2. The molecule has 1 aliphatic rings. The topological polar surface area (TPSA) is 20.5 Å². The fourth-order valence-corrected chi connectivity index (χ4v) is 7.79. The van der Waals surface area contributed by atoms with Gasteiger partial charge in [0.1, 0.15) is 0 Å². The van der Waals surface area contributed by atoms with Gasteiger partial charge in [0.2, 0.25) is 0 Å². The summed E-state index contributed by atoms with van der Waals surface area (Å²) in [6, 6.07) is 67.6. The van der Waals surface area contributed by atoms with Crippen LogP contribution >= 0.6 is 0 Å². The molecule has 0 unspecified atom stereocenters. The predicted molar refractivity (Wildman–Crippen MR) is 215 cm³/mol. The van der Waals surface area contributed by atoms with Crippen molar-refractivity contribution in [1.29, 1.82) is 0 Å². The summed E-state index contributed by atoms with van der Waals surface area (Å²) in [5.74, 6) is 0. The number of anilines is 3. The largest absolute Gasteiger partial charge is 0.310 e. The Morgan fingerprint density at radius 1 is 0.431 bits per heavy atom. The average Bonchev–Trinajstić information content (AvgIpc) is 3.79. The minimum absolute atomic E-state index is 0.836. The molecule has 0 fully saturated rings. The predicted octanol–water partition coefficient (Wildman–Crippen LogP) is 12.8. The van der Waals surface area contributed by atoms with E-state index >= 15 is 0 Å². The van der Waals surface area contributed by atoms with E-state index in [1.54, 1.807) is 0 Å².